The maximum Gasteiger partial charge on any atom is 0.243 e. The summed E-state index contributed by atoms with van der Waals surface area (Å²) in [5.41, 5.74) is 5.82. The molecule has 0 atom stereocenters. The van der Waals surface area contributed by atoms with Gasteiger partial charge in [-0.2, -0.15) is 8.61 Å². The minimum atomic E-state index is -3.63. The molecule has 0 bridgehead atoms. The standard InChI is InChI=1S/C15H23N3O5S2/c16-13-5-7-17(8-6-13)24(19,20)14-1-3-15(4-2-14)25(21,22)18-9-11-23-12-10-18/h1-4,13H,5-12,16H2. The largest absolute Gasteiger partial charge is 0.379 e. The fourth-order valence-electron chi connectivity index (χ4n) is 2.98. The van der Waals surface area contributed by atoms with E-state index in [4.69, 9.17) is 10.5 Å². The molecule has 2 saturated heterocycles. The van der Waals surface area contributed by atoms with E-state index in [1.54, 1.807) is 0 Å². The number of morpholine rings is 1. The van der Waals surface area contributed by atoms with Gasteiger partial charge in [0, 0.05) is 32.2 Å². The Morgan fingerprint density at radius 2 is 1.20 bits per heavy atom. The molecular formula is C15H23N3O5S2. The third-order valence-corrected chi connectivity index (χ3v) is 8.39. The molecule has 10 heteroatoms. The molecule has 2 aliphatic heterocycles. The van der Waals surface area contributed by atoms with Crippen LogP contribution in [0.1, 0.15) is 12.8 Å². The van der Waals surface area contributed by atoms with Crippen molar-refractivity contribution in [3.8, 4) is 0 Å². The lowest BCUT2D eigenvalue weighted by atomic mass is 10.1. The van der Waals surface area contributed by atoms with Gasteiger partial charge in [-0.05, 0) is 37.1 Å². The van der Waals surface area contributed by atoms with Gasteiger partial charge in [0.15, 0.2) is 0 Å². The Morgan fingerprint density at radius 1 is 0.800 bits per heavy atom. The van der Waals surface area contributed by atoms with Crippen LogP contribution in [0.2, 0.25) is 0 Å². The molecule has 0 amide bonds. The summed E-state index contributed by atoms with van der Waals surface area (Å²) in [6, 6.07) is 5.46. The average Bonchev–Trinajstić information content (AvgIpc) is 2.63. The maximum atomic E-state index is 12.7. The molecule has 8 nitrogen and oxygen atoms in total. The number of nitrogens with two attached hydrogens (primary N) is 1. The van der Waals surface area contributed by atoms with Crippen LogP contribution < -0.4 is 5.73 Å². The van der Waals surface area contributed by atoms with Crippen molar-refractivity contribution in [3.05, 3.63) is 24.3 Å². The maximum absolute atomic E-state index is 12.7. The van der Waals surface area contributed by atoms with Gasteiger partial charge >= 0.3 is 0 Å². The number of hydrogen-bond donors (Lipinski definition) is 1. The van der Waals surface area contributed by atoms with E-state index in [9.17, 15) is 16.8 Å². The molecule has 0 spiro atoms. The van der Waals surface area contributed by atoms with E-state index in [0.717, 1.165) is 0 Å². The number of nitrogens with zero attached hydrogens (tertiary/aromatic N) is 2. The molecule has 2 N–H and O–H groups in total. The van der Waals surface area contributed by atoms with E-state index in [0.29, 0.717) is 52.2 Å². The van der Waals surface area contributed by atoms with Crippen LogP contribution in [0.15, 0.2) is 34.1 Å². The van der Waals surface area contributed by atoms with Crippen molar-refractivity contribution in [1.29, 1.82) is 0 Å². The zero-order valence-electron chi connectivity index (χ0n) is 13.9. The van der Waals surface area contributed by atoms with Gasteiger partial charge in [-0.15, -0.1) is 0 Å². The molecule has 3 rings (SSSR count). The fraction of sp³-hybridized carbons (Fsp3) is 0.600. The second-order valence-electron chi connectivity index (χ2n) is 6.23. The highest BCUT2D eigenvalue weighted by Gasteiger charge is 2.30. The van der Waals surface area contributed by atoms with Gasteiger partial charge in [-0.25, -0.2) is 16.8 Å². The minimum absolute atomic E-state index is 0.0347. The van der Waals surface area contributed by atoms with Crippen molar-refractivity contribution < 1.29 is 21.6 Å². The van der Waals surface area contributed by atoms with E-state index in [1.807, 2.05) is 0 Å². The van der Waals surface area contributed by atoms with Crippen LogP contribution in [0, 0.1) is 0 Å². The number of benzene rings is 1. The van der Waals surface area contributed by atoms with Crippen molar-refractivity contribution in [1.82, 2.24) is 8.61 Å². The molecule has 2 heterocycles. The Balaban J connectivity index is 1.80. The van der Waals surface area contributed by atoms with E-state index >= 15 is 0 Å². The third-order valence-electron chi connectivity index (χ3n) is 4.57. The monoisotopic (exact) mass is 389 g/mol. The molecule has 25 heavy (non-hydrogen) atoms. The molecule has 2 aliphatic rings. The molecule has 0 radical (unpaired) electrons. The molecule has 0 aromatic heterocycles. The lowest BCUT2D eigenvalue weighted by molar-refractivity contribution is 0.0730. The van der Waals surface area contributed by atoms with Crippen molar-refractivity contribution in [3.63, 3.8) is 0 Å². The highest BCUT2D eigenvalue weighted by Crippen LogP contribution is 2.23. The summed E-state index contributed by atoms with van der Waals surface area (Å²) in [7, 11) is -7.25. The highest BCUT2D eigenvalue weighted by molar-refractivity contribution is 7.89. The number of ether oxygens (including phenoxy) is 1. The molecular weight excluding hydrogens is 366 g/mol. The summed E-state index contributed by atoms with van der Waals surface area (Å²) in [6.45, 7) is 2.10. The number of hydrogen-bond acceptors (Lipinski definition) is 6. The third kappa shape index (κ3) is 3.88. The van der Waals surface area contributed by atoms with E-state index in [-0.39, 0.29) is 15.8 Å². The van der Waals surface area contributed by atoms with E-state index in [1.165, 1.54) is 32.9 Å². The van der Waals surface area contributed by atoms with Gasteiger partial charge in [-0.3, -0.25) is 0 Å². The van der Waals surface area contributed by atoms with E-state index < -0.39 is 20.0 Å². The first-order valence-corrected chi connectivity index (χ1v) is 11.1. The van der Waals surface area contributed by atoms with Gasteiger partial charge in [0.1, 0.15) is 0 Å². The molecule has 0 aliphatic carbocycles. The van der Waals surface area contributed by atoms with Crippen LogP contribution in [0.25, 0.3) is 0 Å². The molecule has 1 aromatic rings. The Hall–Kier alpha value is -1.04. The van der Waals surface area contributed by atoms with Gasteiger partial charge < -0.3 is 10.5 Å². The Kier molecular flexibility index (Phi) is 5.47. The highest BCUT2D eigenvalue weighted by atomic mass is 32.2. The zero-order chi connectivity index (χ0) is 18.1. The summed E-state index contributed by atoms with van der Waals surface area (Å²) in [5, 5.41) is 0. The number of piperidine rings is 1. The van der Waals surface area contributed by atoms with Crippen molar-refractivity contribution in [2.45, 2.75) is 28.7 Å². The molecule has 140 valence electrons. The lowest BCUT2D eigenvalue weighted by Crippen LogP contribution is -2.42. The molecule has 1 aromatic carbocycles. The predicted octanol–water partition coefficient (Wildman–Crippen LogP) is -0.181. The first-order chi connectivity index (χ1) is 11.8. The zero-order valence-corrected chi connectivity index (χ0v) is 15.5. The van der Waals surface area contributed by atoms with Crippen LogP contribution in [0.3, 0.4) is 0 Å². The second kappa shape index (κ2) is 7.29. The van der Waals surface area contributed by atoms with Crippen molar-refractivity contribution in [2.24, 2.45) is 5.73 Å². The molecule has 0 unspecified atom stereocenters. The normalized spacial score (nSPS) is 22.1. The van der Waals surface area contributed by atoms with E-state index in [2.05, 4.69) is 0 Å². The second-order valence-corrected chi connectivity index (χ2v) is 10.1. The van der Waals surface area contributed by atoms with Crippen LogP contribution in [-0.2, 0) is 24.8 Å². The Morgan fingerprint density at radius 3 is 1.64 bits per heavy atom. The first kappa shape index (κ1) is 18.7. The van der Waals surface area contributed by atoms with Crippen LogP contribution in [0.5, 0.6) is 0 Å². The topological polar surface area (TPSA) is 110 Å². The minimum Gasteiger partial charge on any atom is -0.379 e. The summed E-state index contributed by atoms with van der Waals surface area (Å²) >= 11 is 0. The molecule has 2 fully saturated rings. The quantitative estimate of drug-likeness (QED) is 0.765. The van der Waals surface area contributed by atoms with Gasteiger partial charge in [0.2, 0.25) is 20.0 Å². The van der Waals surface area contributed by atoms with Crippen molar-refractivity contribution >= 4 is 20.0 Å². The first-order valence-electron chi connectivity index (χ1n) is 8.25. The number of rotatable bonds is 4. The average molecular weight is 389 g/mol. The van der Waals surface area contributed by atoms with Crippen LogP contribution in [0.4, 0.5) is 0 Å². The Labute approximate surface area is 148 Å². The van der Waals surface area contributed by atoms with Gasteiger partial charge in [0.05, 0.1) is 23.0 Å². The summed E-state index contributed by atoms with van der Waals surface area (Å²) in [5.74, 6) is 0. The Bertz CT molecular complexity index is 794. The fourth-order valence-corrected chi connectivity index (χ4v) is 5.86. The smallest absolute Gasteiger partial charge is 0.243 e. The summed E-state index contributed by atoms with van der Waals surface area (Å²) < 4.78 is 58.4. The number of sulfonamides is 2. The van der Waals surface area contributed by atoms with Gasteiger partial charge in [0.25, 0.3) is 0 Å². The predicted molar refractivity (Wildman–Crippen MR) is 92.0 cm³/mol. The summed E-state index contributed by atoms with van der Waals surface area (Å²) in [4.78, 5) is 0.193. The summed E-state index contributed by atoms with van der Waals surface area (Å²) in [6.07, 6.45) is 1.26. The van der Waals surface area contributed by atoms with Crippen LogP contribution >= 0.6 is 0 Å². The van der Waals surface area contributed by atoms with Gasteiger partial charge in [-0.1, -0.05) is 0 Å². The molecule has 0 saturated carbocycles. The van der Waals surface area contributed by atoms with Crippen molar-refractivity contribution in [2.75, 3.05) is 39.4 Å². The SMILES string of the molecule is NC1CCN(S(=O)(=O)c2ccc(S(=O)(=O)N3CCOCC3)cc2)CC1. The van der Waals surface area contributed by atoms with Crippen LogP contribution in [-0.4, -0.2) is 70.9 Å². The lowest BCUT2D eigenvalue weighted by Gasteiger charge is -2.29.